The molecule has 1 aromatic carbocycles. The standard InChI is InChI=1S/C20H24N2O3/c1-12-8-17-15(18(23)9-12)10-16(19(24)21-17)20(25)22-7-6-13-4-2-3-5-14(13)11-22/h2-5,12,15-17H,6-11H2,1H3,(H,21,24). The lowest BCUT2D eigenvalue weighted by molar-refractivity contribution is -0.148. The largest absolute Gasteiger partial charge is 0.352 e. The maximum atomic E-state index is 13.0. The minimum atomic E-state index is -0.719. The number of nitrogens with one attached hydrogen (secondary N) is 1. The number of carbonyl (C=O) groups is 3. The van der Waals surface area contributed by atoms with E-state index in [0.29, 0.717) is 31.8 Å². The summed E-state index contributed by atoms with van der Waals surface area (Å²) in [5, 5.41) is 2.96. The Morgan fingerprint density at radius 2 is 1.92 bits per heavy atom. The molecule has 4 atom stereocenters. The van der Waals surface area contributed by atoms with Crippen LogP contribution in [0.25, 0.3) is 0 Å². The second-order valence-electron chi connectivity index (χ2n) is 7.80. The van der Waals surface area contributed by atoms with Gasteiger partial charge >= 0.3 is 0 Å². The summed E-state index contributed by atoms with van der Waals surface area (Å²) in [5.41, 5.74) is 2.43. The molecule has 4 rings (SSSR count). The number of amides is 2. The van der Waals surface area contributed by atoms with Gasteiger partial charge in [0, 0.05) is 31.5 Å². The Kier molecular flexibility index (Phi) is 4.10. The number of piperidine rings is 1. The summed E-state index contributed by atoms with van der Waals surface area (Å²) in [6.45, 7) is 3.24. The Balaban J connectivity index is 1.49. The Labute approximate surface area is 147 Å². The molecule has 132 valence electrons. The number of hydrogen-bond donors (Lipinski definition) is 1. The molecule has 3 aliphatic rings. The van der Waals surface area contributed by atoms with Gasteiger partial charge in [0.05, 0.1) is 0 Å². The number of hydrogen-bond acceptors (Lipinski definition) is 3. The lowest BCUT2D eigenvalue weighted by Gasteiger charge is -2.41. The van der Waals surface area contributed by atoms with Crippen molar-refractivity contribution in [1.29, 1.82) is 0 Å². The summed E-state index contributed by atoms with van der Waals surface area (Å²) in [4.78, 5) is 39.7. The first-order valence-electron chi connectivity index (χ1n) is 9.21. The van der Waals surface area contributed by atoms with E-state index in [-0.39, 0.29) is 29.6 Å². The fourth-order valence-corrected chi connectivity index (χ4v) is 4.62. The smallest absolute Gasteiger partial charge is 0.235 e. The van der Waals surface area contributed by atoms with Crippen LogP contribution in [0.5, 0.6) is 0 Å². The molecule has 2 aliphatic heterocycles. The van der Waals surface area contributed by atoms with Crippen molar-refractivity contribution in [3.8, 4) is 0 Å². The van der Waals surface area contributed by atoms with E-state index in [4.69, 9.17) is 0 Å². The van der Waals surface area contributed by atoms with Crippen LogP contribution in [0.15, 0.2) is 24.3 Å². The lowest BCUT2D eigenvalue weighted by atomic mass is 9.71. The van der Waals surface area contributed by atoms with Crippen LogP contribution in [0.3, 0.4) is 0 Å². The van der Waals surface area contributed by atoms with Crippen LogP contribution < -0.4 is 5.32 Å². The van der Waals surface area contributed by atoms with Gasteiger partial charge in [0.2, 0.25) is 11.8 Å². The molecular formula is C20H24N2O3. The third-order valence-electron chi connectivity index (χ3n) is 5.98. The van der Waals surface area contributed by atoms with Crippen molar-refractivity contribution in [2.24, 2.45) is 17.8 Å². The number of fused-ring (bicyclic) bond motifs is 2. The summed E-state index contributed by atoms with van der Waals surface area (Å²) < 4.78 is 0. The Bertz CT molecular complexity index is 729. The van der Waals surface area contributed by atoms with E-state index in [1.807, 2.05) is 25.1 Å². The highest BCUT2D eigenvalue weighted by Gasteiger charge is 2.46. The predicted octanol–water partition coefficient (Wildman–Crippen LogP) is 1.69. The van der Waals surface area contributed by atoms with Crippen LogP contribution in [-0.2, 0) is 27.3 Å². The quantitative estimate of drug-likeness (QED) is 0.791. The molecule has 1 saturated carbocycles. The zero-order chi connectivity index (χ0) is 17.6. The second-order valence-corrected chi connectivity index (χ2v) is 7.80. The van der Waals surface area contributed by atoms with E-state index < -0.39 is 5.92 Å². The summed E-state index contributed by atoms with van der Waals surface area (Å²) in [6.07, 6.45) is 2.59. The van der Waals surface area contributed by atoms with Crippen molar-refractivity contribution in [1.82, 2.24) is 10.2 Å². The van der Waals surface area contributed by atoms with E-state index >= 15 is 0 Å². The fraction of sp³-hybridized carbons (Fsp3) is 0.550. The number of benzene rings is 1. The molecule has 2 heterocycles. The van der Waals surface area contributed by atoms with Gasteiger partial charge in [0.1, 0.15) is 11.7 Å². The molecule has 0 spiro atoms. The first kappa shape index (κ1) is 16.3. The molecule has 0 radical (unpaired) electrons. The van der Waals surface area contributed by atoms with E-state index in [1.165, 1.54) is 5.56 Å². The molecule has 4 unspecified atom stereocenters. The molecule has 5 heteroatoms. The second kappa shape index (κ2) is 6.28. The average molecular weight is 340 g/mol. The van der Waals surface area contributed by atoms with Crippen molar-refractivity contribution < 1.29 is 14.4 Å². The van der Waals surface area contributed by atoms with E-state index in [2.05, 4.69) is 11.4 Å². The van der Waals surface area contributed by atoms with Gasteiger partial charge in [-0.3, -0.25) is 14.4 Å². The zero-order valence-corrected chi connectivity index (χ0v) is 14.5. The van der Waals surface area contributed by atoms with Crippen LogP contribution in [0.2, 0.25) is 0 Å². The van der Waals surface area contributed by atoms with E-state index in [0.717, 1.165) is 18.4 Å². The summed E-state index contributed by atoms with van der Waals surface area (Å²) >= 11 is 0. The SMILES string of the molecule is CC1CC(=O)C2CC(C(=O)N3CCc4ccccc4C3)C(=O)NC2C1. The summed E-state index contributed by atoms with van der Waals surface area (Å²) in [5.74, 6) is -0.738. The van der Waals surface area contributed by atoms with Crippen molar-refractivity contribution in [2.75, 3.05) is 6.54 Å². The number of Topliss-reactive ketones (excluding diaryl/α,β-unsaturated/α-hetero) is 1. The lowest BCUT2D eigenvalue weighted by Crippen LogP contribution is -2.58. The van der Waals surface area contributed by atoms with Crippen LogP contribution in [0, 0.1) is 17.8 Å². The number of nitrogens with zero attached hydrogens (tertiary/aromatic N) is 1. The van der Waals surface area contributed by atoms with E-state index in [9.17, 15) is 14.4 Å². The molecule has 5 nitrogen and oxygen atoms in total. The van der Waals surface area contributed by atoms with Crippen molar-refractivity contribution in [3.63, 3.8) is 0 Å². The Hall–Kier alpha value is -2.17. The highest BCUT2D eigenvalue weighted by molar-refractivity contribution is 6.02. The van der Waals surface area contributed by atoms with Gasteiger partial charge in [-0.15, -0.1) is 0 Å². The Morgan fingerprint density at radius 3 is 2.72 bits per heavy atom. The zero-order valence-electron chi connectivity index (χ0n) is 14.5. The van der Waals surface area contributed by atoms with Gasteiger partial charge in [-0.1, -0.05) is 31.2 Å². The molecule has 2 amide bonds. The molecule has 2 fully saturated rings. The molecule has 1 N–H and O–H groups in total. The van der Waals surface area contributed by atoms with Gasteiger partial charge in [-0.25, -0.2) is 0 Å². The van der Waals surface area contributed by atoms with Gasteiger partial charge < -0.3 is 10.2 Å². The molecule has 1 aromatic rings. The minimum Gasteiger partial charge on any atom is -0.352 e. The van der Waals surface area contributed by atoms with Gasteiger partial charge in [0.25, 0.3) is 0 Å². The van der Waals surface area contributed by atoms with Crippen LogP contribution in [-0.4, -0.2) is 35.1 Å². The van der Waals surface area contributed by atoms with Crippen molar-refractivity contribution >= 4 is 17.6 Å². The fourth-order valence-electron chi connectivity index (χ4n) is 4.62. The highest BCUT2D eigenvalue weighted by atomic mass is 16.2. The normalized spacial score (nSPS) is 31.8. The maximum Gasteiger partial charge on any atom is 0.235 e. The van der Waals surface area contributed by atoms with Crippen molar-refractivity contribution in [2.45, 2.75) is 45.2 Å². The summed E-state index contributed by atoms with van der Waals surface area (Å²) in [7, 11) is 0. The molecule has 1 aliphatic carbocycles. The Morgan fingerprint density at radius 1 is 1.16 bits per heavy atom. The highest BCUT2D eigenvalue weighted by Crippen LogP contribution is 2.35. The first-order valence-corrected chi connectivity index (χ1v) is 9.21. The number of carbonyl (C=O) groups excluding carboxylic acids is 3. The number of rotatable bonds is 1. The monoisotopic (exact) mass is 340 g/mol. The molecular weight excluding hydrogens is 316 g/mol. The molecule has 25 heavy (non-hydrogen) atoms. The predicted molar refractivity (Wildman–Crippen MR) is 92.5 cm³/mol. The third-order valence-corrected chi connectivity index (χ3v) is 5.98. The average Bonchev–Trinajstić information content (AvgIpc) is 2.60. The molecule has 1 saturated heterocycles. The molecule has 0 aromatic heterocycles. The number of ketones is 1. The van der Waals surface area contributed by atoms with Crippen LogP contribution in [0.1, 0.15) is 37.3 Å². The third kappa shape index (κ3) is 2.96. The van der Waals surface area contributed by atoms with Crippen molar-refractivity contribution in [3.05, 3.63) is 35.4 Å². The van der Waals surface area contributed by atoms with Gasteiger partial charge in [0.15, 0.2) is 0 Å². The minimum absolute atomic E-state index is 0.0881. The van der Waals surface area contributed by atoms with Crippen LogP contribution >= 0.6 is 0 Å². The van der Waals surface area contributed by atoms with Gasteiger partial charge in [-0.2, -0.15) is 0 Å². The topological polar surface area (TPSA) is 66.5 Å². The molecule has 0 bridgehead atoms. The van der Waals surface area contributed by atoms with Gasteiger partial charge in [-0.05, 0) is 36.3 Å². The first-order chi connectivity index (χ1) is 12.0. The van der Waals surface area contributed by atoms with Crippen LogP contribution in [0.4, 0.5) is 0 Å². The van der Waals surface area contributed by atoms with E-state index in [1.54, 1.807) is 4.90 Å². The maximum absolute atomic E-state index is 13.0. The summed E-state index contributed by atoms with van der Waals surface area (Å²) in [6, 6.07) is 8.04.